The van der Waals surface area contributed by atoms with Crippen LogP contribution in [0.25, 0.3) is 0 Å². The summed E-state index contributed by atoms with van der Waals surface area (Å²) < 4.78 is 0. The summed E-state index contributed by atoms with van der Waals surface area (Å²) in [6, 6.07) is 0. The highest BCUT2D eigenvalue weighted by Gasteiger charge is 2.23. The molecule has 3 N–H and O–H groups in total. The maximum absolute atomic E-state index is 10.8. The molecular formula is C13H25NO2. The van der Waals surface area contributed by atoms with Gasteiger partial charge in [-0.1, -0.05) is 32.6 Å². The summed E-state index contributed by atoms with van der Waals surface area (Å²) in [5, 5.41) is 8.92. The van der Waals surface area contributed by atoms with Crippen LogP contribution in [0, 0.1) is 17.8 Å². The van der Waals surface area contributed by atoms with Crippen LogP contribution in [0.4, 0.5) is 0 Å². The highest BCUT2D eigenvalue weighted by Crippen LogP contribution is 2.34. The van der Waals surface area contributed by atoms with Gasteiger partial charge in [0.25, 0.3) is 0 Å². The van der Waals surface area contributed by atoms with Gasteiger partial charge in [-0.05, 0) is 31.1 Å². The third-order valence-electron chi connectivity index (χ3n) is 4.03. The number of carboxylic acids is 1. The largest absolute Gasteiger partial charge is 0.481 e. The monoisotopic (exact) mass is 227 g/mol. The van der Waals surface area contributed by atoms with Gasteiger partial charge >= 0.3 is 5.97 Å². The van der Waals surface area contributed by atoms with Crippen LogP contribution >= 0.6 is 0 Å². The Bertz CT molecular complexity index is 214. The normalized spacial score (nSPS) is 20.1. The number of aliphatic carboxylic acids is 1. The SMILES string of the molecule is CCC(CCC(CN)C(=O)O)CC1CCC1. The molecule has 0 aromatic rings. The van der Waals surface area contributed by atoms with Crippen LogP contribution in [0.5, 0.6) is 0 Å². The summed E-state index contributed by atoms with van der Waals surface area (Å²) in [6.45, 7) is 2.48. The lowest BCUT2D eigenvalue weighted by Crippen LogP contribution is -2.24. The number of hydrogen-bond donors (Lipinski definition) is 2. The molecule has 1 fully saturated rings. The van der Waals surface area contributed by atoms with E-state index in [1.807, 2.05) is 0 Å². The molecule has 94 valence electrons. The van der Waals surface area contributed by atoms with Crippen molar-refractivity contribution in [2.75, 3.05) is 6.54 Å². The highest BCUT2D eigenvalue weighted by atomic mass is 16.4. The summed E-state index contributed by atoms with van der Waals surface area (Å²) in [6.07, 6.45) is 8.41. The summed E-state index contributed by atoms with van der Waals surface area (Å²) >= 11 is 0. The van der Waals surface area contributed by atoms with Crippen LogP contribution in [0.1, 0.15) is 51.9 Å². The molecule has 0 spiro atoms. The molecule has 1 aliphatic carbocycles. The van der Waals surface area contributed by atoms with Crippen molar-refractivity contribution in [2.24, 2.45) is 23.5 Å². The van der Waals surface area contributed by atoms with E-state index in [1.165, 1.54) is 32.1 Å². The third kappa shape index (κ3) is 4.12. The van der Waals surface area contributed by atoms with Crippen LogP contribution in [0.2, 0.25) is 0 Å². The second kappa shape index (κ2) is 6.89. The van der Waals surface area contributed by atoms with Gasteiger partial charge in [0.05, 0.1) is 5.92 Å². The van der Waals surface area contributed by atoms with Crippen molar-refractivity contribution in [3.63, 3.8) is 0 Å². The van der Waals surface area contributed by atoms with Crippen LogP contribution in [-0.4, -0.2) is 17.6 Å². The molecule has 1 saturated carbocycles. The summed E-state index contributed by atoms with van der Waals surface area (Å²) in [5.41, 5.74) is 5.46. The Morgan fingerprint density at radius 3 is 2.50 bits per heavy atom. The van der Waals surface area contributed by atoms with Gasteiger partial charge in [-0.15, -0.1) is 0 Å². The zero-order chi connectivity index (χ0) is 12.0. The molecule has 2 unspecified atom stereocenters. The molecule has 0 aromatic heterocycles. The first-order valence-corrected chi connectivity index (χ1v) is 6.60. The molecule has 3 nitrogen and oxygen atoms in total. The topological polar surface area (TPSA) is 63.3 Å². The molecular weight excluding hydrogens is 202 g/mol. The Balaban J connectivity index is 2.23. The number of nitrogens with two attached hydrogens (primary N) is 1. The van der Waals surface area contributed by atoms with E-state index in [2.05, 4.69) is 6.92 Å². The average Bonchev–Trinajstić information content (AvgIpc) is 2.20. The van der Waals surface area contributed by atoms with Gasteiger partial charge in [0.1, 0.15) is 0 Å². The fourth-order valence-electron chi connectivity index (χ4n) is 2.47. The number of rotatable bonds is 8. The summed E-state index contributed by atoms with van der Waals surface area (Å²) in [4.78, 5) is 10.8. The predicted molar refractivity (Wildman–Crippen MR) is 65.2 cm³/mol. The first kappa shape index (κ1) is 13.5. The smallest absolute Gasteiger partial charge is 0.307 e. The molecule has 1 rings (SSSR count). The van der Waals surface area contributed by atoms with E-state index in [4.69, 9.17) is 10.8 Å². The second-order valence-corrected chi connectivity index (χ2v) is 5.16. The Morgan fingerprint density at radius 1 is 1.44 bits per heavy atom. The zero-order valence-corrected chi connectivity index (χ0v) is 10.3. The fraction of sp³-hybridized carbons (Fsp3) is 0.923. The zero-order valence-electron chi connectivity index (χ0n) is 10.3. The van der Waals surface area contributed by atoms with Crippen molar-refractivity contribution in [2.45, 2.75) is 51.9 Å². The van der Waals surface area contributed by atoms with E-state index >= 15 is 0 Å². The van der Waals surface area contributed by atoms with Crippen molar-refractivity contribution in [1.29, 1.82) is 0 Å². The standard InChI is InChI=1S/C13H25NO2/c1-2-10(8-11-4-3-5-11)6-7-12(9-14)13(15)16/h10-12H,2-9,14H2,1H3,(H,15,16). The van der Waals surface area contributed by atoms with Crippen molar-refractivity contribution < 1.29 is 9.90 Å². The lowest BCUT2D eigenvalue weighted by molar-refractivity contribution is -0.141. The maximum atomic E-state index is 10.8. The Hall–Kier alpha value is -0.570. The minimum atomic E-state index is -0.735. The lowest BCUT2D eigenvalue weighted by atomic mass is 9.77. The first-order valence-electron chi connectivity index (χ1n) is 6.60. The Morgan fingerprint density at radius 2 is 2.12 bits per heavy atom. The van der Waals surface area contributed by atoms with Gasteiger partial charge in [-0.2, -0.15) is 0 Å². The molecule has 1 aliphatic rings. The van der Waals surface area contributed by atoms with Gasteiger partial charge in [-0.25, -0.2) is 0 Å². The lowest BCUT2D eigenvalue weighted by Gasteiger charge is -2.29. The van der Waals surface area contributed by atoms with Gasteiger partial charge in [0.2, 0.25) is 0 Å². The van der Waals surface area contributed by atoms with Gasteiger partial charge in [0, 0.05) is 6.54 Å². The molecule has 0 aliphatic heterocycles. The average molecular weight is 227 g/mol. The van der Waals surface area contributed by atoms with E-state index in [1.54, 1.807) is 0 Å². The quantitative estimate of drug-likeness (QED) is 0.670. The number of carboxylic acid groups (broad SMARTS) is 1. The van der Waals surface area contributed by atoms with Crippen molar-refractivity contribution >= 4 is 5.97 Å². The molecule has 0 radical (unpaired) electrons. The highest BCUT2D eigenvalue weighted by molar-refractivity contribution is 5.70. The fourth-order valence-corrected chi connectivity index (χ4v) is 2.47. The van der Waals surface area contributed by atoms with Crippen LogP contribution in [0.3, 0.4) is 0 Å². The van der Waals surface area contributed by atoms with Crippen LogP contribution < -0.4 is 5.73 Å². The summed E-state index contributed by atoms with van der Waals surface area (Å²) in [5.74, 6) is 0.557. The van der Waals surface area contributed by atoms with Gasteiger partial charge in [0.15, 0.2) is 0 Å². The van der Waals surface area contributed by atoms with Crippen LogP contribution in [0.15, 0.2) is 0 Å². The van der Waals surface area contributed by atoms with Crippen LogP contribution in [-0.2, 0) is 4.79 Å². The molecule has 0 aromatic carbocycles. The van der Waals surface area contributed by atoms with E-state index in [0.717, 1.165) is 18.8 Å². The molecule has 0 amide bonds. The van der Waals surface area contributed by atoms with Crippen molar-refractivity contribution in [3.8, 4) is 0 Å². The molecule has 3 heteroatoms. The Kier molecular flexibility index (Phi) is 5.81. The summed E-state index contributed by atoms with van der Waals surface area (Å²) in [7, 11) is 0. The molecule has 2 atom stereocenters. The second-order valence-electron chi connectivity index (χ2n) is 5.16. The van der Waals surface area contributed by atoms with E-state index < -0.39 is 5.97 Å². The number of carbonyl (C=O) groups is 1. The molecule has 16 heavy (non-hydrogen) atoms. The molecule has 0 heterocycles. The minimum Gasteiger partial charge on any atom is -0.481 e. The number of hydrogen-bond acceptors (Lipinski definition) is 2. The third-order valence-corrected chi connectivity index (χ3v) is 4.03. The van der Waals surface area contributed by atoms with Gasteiger partial charge in [-0.3, -0.25) is 4.79 Å². The predicted octanol–water partition coefficient (Wildman–Crippen LogP) is 2.64. The van der Waals surface area contributed by atoms with Gasteiger partial charge < -0.3 is 10.8 Å². The Labute approximate surface area is 98.4 Å². The molecule has 0 saturated heterocycles. The maximum Gasteiger partial charge on any atom is 0.307 e. The van der Waals surface area contributed by atoms with E-state index in [-0.39, 0.29) is 12.5 Å². The first-order chi connectivity index (χ1) is 7.67. The van der Waals surface area contributed by atoms with Crippen molar-refractivity contribution in [1.82, 2.24) is 0 Å². The van der Waals surface area contributed by atoms with E-state index in [0.29, 0.717) is 5.92 Å². The molecule has 0 bridgehead atoms. The minimum absolute atomic E-state index is 0.273. The van der Waals surface area contributed by atoms with Crippen molar-refractivity contribution in [3.05, 3.63) is 0 Å². The van der Waals surface area contributed by atoms with E-state index in [9.17, 15) is 4.79 Å².